The number of hydrogen-bond donors (Lipinski definition) is 0. The fourth-order valence-electron chi connectivity index (χ4n) is 1.95. The fraction of sp³-hybridized carbons (Fsp3) is 0.882. The number of ether oxygens (including phenoxy) is 2. The first-order valence-corrected chi connectivity index (χ1v) is 8.22. The molecule has 0 amide bonds. The van der Waals surface area contributed by atoms with Crippen molar-refractivity contribution in [2.75, 3.05) is 20.0 Å². The molecule has 0 N–H and O–H groups in total. The number of unbranched alkanes of at least 4 members (excludes halogenated alkanes) is 7. The zero-order valence-electron chi connectivity index (χ0n) is 15.2. The largest absolute Gasteiger partial charge is 1.00 e. The molecule has 0 atom stereocenters. The van der Waals surface area contributed by atoms with E-state index < -0.39 is 0 Å². The molecule has 0 aromatic rings. The first kappa shape index (κ1) is 22.5. The summed E-state index contributed by atoms with van der Waals surface area (Å²) in [5.41, 5.74) is 0. The molecule has 0 bridgehead atoms. The molecular formula is C17H35LiO2. The van der Waals surface area contributed by atoms with E-state index in [1.165, 1.54) is 51.4 Å². The molecule has 0 fully saturated rings. The summed E-state index contributed by atoms with van der Waals surface area (Å²) >= 11 is 0. The van der Waals surface area contributed by atoms with E-state index in [0.717, 1.165) is 26.1 Å². The van der Waals surface area contributed by atoms with E-state index in [2.05, 4.69) is 26.0 Å². The van der Waals surface area contributed by atoms with Crippen LogP contribution in [0.1, 0.15) is 79.5 Å². The Labute approximate surface area is 140 Å². The average molecular weight is 278 g/mol. The van der Waals surface area contributed by atoms with Gasteiger partial charge in [-0.15, -0.1) is 0 Å². The molecule has 0 rings (SSSR count). The Morgan fingerprint density at radius 1 is 0.750 bits per heavy atom. The molecule has 2 nitrogen and oxygen atoms in total. The van der Waals surface area contributed by atoms with Gasteiger partial charge in [0.05, 0.1) is 6.61 Å². The molecule has 0 spiro atoms. The van der Waals surface area contributed by atoms with Crippen molar-refractivity contribution in [3.63, 3.8) is 0 Å². The van der Waals surface area contributed by atoms with Crippen LogP contribution in [0.2, 0.25) is 0 Å². The van der Waals surface area contributed by atoms with Crippen LogP contribution in [0.25, 0.3) is 0 Å². The monoisotopic (exact) mass is 278 g/mol. The van der Waals surface area contributed by atoms with E-state index in [-0.39, 0.29) is 20.3 Å². The third kappa shape index (κ3) is 20.6. The second-order valence-electron chi connectivity index (χ2n) is 5.08. The predicted molar refractivity (Wildman–Crippen MR) is 84.5 cm³/mol. The summed E-state index contributed by atoms with van der Waals surface area (Å²) in [4.78, 5) is 0. The average Bonchev–Trinajstić information content (AvgIpc) is 2.43. The summed E-state index contributed by atoms with van der Waals surface area (Å²) < 4.78 is 10.8. The van der Waals surface area contributed by atoms with Crippen LogP contribution in [0, 0.1) is 0 Å². The van der Waals surface area contributed by atoms with E-state index in [1.54, 1.807) is 0 Å². The second kappa shape index (κ2) is 21.6. The maximum absolute atomic E-state index is 5.44. The van der Waals surface area contributed by atoms with Gasteiger partial charge in [0.25, 0.3) is 0 Å². The maximum atomic E-state index is 5.44. The molecule has 0 saturated carbocycles. The van der Waals surface area contributed by atoms with Crippen molar-refractivity contribution in [2.45, 2.75) is 78.1 Å². The molecule has 20 heavy (non-hydrogen) atoms. The zero-order valence-corrected chi connectivity index (χ0v) is 14.2. The Morgan fingerprint density at radius 3 is 2.00 bits per heavy atom. The minimum absolute atomic E-state index is 0. The van der Waals surface area contributed by atoms with Crippen LogP contribution in [0.15, 0.2) is 12.2 Å². The Balaban J connectivity index is -0.00000162. The molecule has 3 heteroatoms. The van der Waals surface area contributed by atoms with E-state index in [0.29, 0.717) is 6.79 Å². The van der Waals surface area contributed by atoms with Crippen molar-refractivity contribution in [1.82, 2.24) is 0 Å². The Hall–Kier alpha value is 0.257. The summed E-state index contributed by atoms with van der Waals surface area (Å²) in [5.74, 6) is 0. The minimum Gasteiger partial charge on any atom is -1.00 e. The first-order chi connectivity index (χ1) is 9.41. The van der Waals surface area contributed by atoms with Crippen LogP contribution in [0.3, 0.4) is 0 Å². The molecule has 0 heterocycles. The van der Waals surface area contributed by atoms with Gasteiger partial charge >= 0.3 is 18.9 Å². The molecular weight excluding hydrogens is 243 g/mol. The van der Waals surface area contributed by atoms with Crippen molar-refractivity contribution < 1.29 is 29.8 Å². The zero-order chi connectivity index (χ0) is 14.0. The number of rotatable bonds is 15. The van der Waals surface area contributed by atoms with Gasteiger partial charge in [0.1, 0.15) is 6.79 Å². The van der Waals surface area contributed by atoms with Crippen LogP contribution >= 0.6 is 0 Å². The maximum Gasteiger partial charge on any atom is 1.00 e. The van der Waals surface area contributed by atoms with E-state index in [4.69, 9.17) is 9.47 Å². The predicted octanol–water partition coefficient (Wildman–Crippen LogP) is 2.59. The van der Waals surface area contributed by atoms with Crippen LogP contribution in [0.5, 0.6) is 0 Å². The minimum atomic E-state index is 0. The van der Waals surface area contributed by atoms with Gasteiger partial charge in [0.2, 0.25) is 0 Å². The Morgan fingerprint density at radius 2 is 1.35 bits per heavy atom. The third-order valence-corrected chi connectivity index (χ3v) is 3.14. The van der Waals surface area contributed by atoms with Crippen molar-refractivity contribution >= 4 is 0 Å². The van der Waals surface area contributed by atoms with E-state index in [9.17, 15) is 0 Å². The van der Waals surface area contributed by atoms with E-state index in [1.807, 2.05) is 0 Å². The first-order valence-electron chi connectivity index (χ1n) is 8.22. The molecule has 0 saturated heterocycles. The van der Waals surface area contributed by atoms with Gasteiger partial charge in [0.15, 0.2) is 0 Å². The quantitative estimate of drug-likeness (QED) is 0.198. The van der Waals surface area contributed by atoms with Crippen molar-refractivity contribution in [2.24, 2.45) is 0 Å². The van der Waals surface area contributed by atoms with Gasteiger partial charge in [-0.2, -0.15) is 0 Å². The molecule has 0 aliphatic rings. The van der Waals surface area contributed by atoms with Gasteiger partial charge in [0, 0.05) is 6.61 Å². The van der Waals surface area contributed by atoms with Crippen LogP contribution in [-0.4, -0.2) is 20.0 Å². The topological polar surface area (TPSA) is 18.5 Å². The second-order valence-corrected chi connectivity index (χ2v) is 5.08. The fourth-order valence-corrected chi connectivity index (χ4v) is 1.95. The standard InChI is InChI=1S/C17H34O2.Li.H/c1-3-5-7-9-10-11-12-14-16-19-17-18-15-13-8-6-4-2;;/h6,8H,3-5,7,9-17H2,1-2H3;;/q;+1;-1/b8-6+;;. The molecule has 0 aliphatic heterocycles. The van der Waals surface area contributed by atoms with E-state index >= 15 is 0 Å². The van der Waals surface area contributed by atoms with Gasteiger partial charge in [-0.05, 0) is 19.3 Å². The number of hydrogen-bond acceptors (Lipinski definition) is 2. The molecule has 0 aliphatic carbocycles. The van der Waals surface area contributed by atoms with Crippen LogP contribution in [0.4, 0.5) is 0 Å². The summed E-state index contributed by atoms with van der Waals surface area (Å²) in [6.45, 7) is 6.48. The summed E-state index contributed by atoms with van der Waals surface area (Å²) in [5, 5.41) is 0. The third-order valence-electron chi connectivity index (χ3n) is 3.14. The van der Waals surface area contributed by atoms with Crippen molar-refractivity contribution in [1.29, 1.82) is 0 Å². The SMILES string of the molecule is CC/C=C/CCOCOCCCCCCCCCC.[H-].[Li+]. The van der Waals surface area contributed by atoms with Crippen molar-refractivity contribution in [3.05, 3.63) is 12.2 Å². The molecule has 0 unspecified atom stereocenters. The Bertz CT molecular complexity index is 190. The van der Waals surface area contributed by atoms with Crippen LogP contribution in [-0.2, 0) is 9.47 Å². The molecule has 116 valence electrons. The summed E-state index contributed by atoms with van der Waals surface area (Å²) in [7, 11) is 0. The Kier molecular flexibility index (Phi) is 24.3. The van der Waals surface area contributed by atoms with Gasteiger partial charge < -0.3 is 10.9 Å². The van der Waals surface area contributed by atoms with Crippen LogP contribution < -0.4 is 18.9 Å². The molecule has 0 aromatic carbocycles. The molecule has 0 radical (unpaired) electrons. The molecule has 0 aromatic heterocycles. The van der Waals surface area contributed by atoms with Gasteiger partial charge in [-0.25, -0.2) is 0 Å². The smallest absolute Gasteiger partial charge is 1.00 e. The van der Waals surface area contributed by atoms with Gasteiger partial charge in [-0.3, -0.25) is 0 Å². The summed E-state index contributed by atoms with van der Waals surface area (Å²) in [6.07, 6.45) is 17.2. The van der Waals surface area contributed by atoms with Gasteiger partial charge in [-0.1, -0.05) is 70.9 Å². The van der Waals surface area contributed by atoms with Crippen molar-refractivity contribution in [3.8, 4) is 0 Å². The summed E-state index contributed by atoms with van der Waals surface area (Å²) in [6, 6.07) is 0. The number of allylic oxidation sites excluding steroid dienone is 1. The normalized spacial score (nSPS) is 10.9.